The Labute approximate surface area is 120 Å². The van der Waals surface area contributed by atoms with Crippen molar-refractivity contribution >= 4 is 11.8 Å². The number of morpholine rings is 1. The number of hydrogen-bond acceptors (Lipinski definition) is 4. The molecule has 0 radical (unpaired) electrons. The number of ether oxygens (including phenoxy) is 1. The summed E-state index contributed by atoms with van der Waals surface area (Å²) in [6.07, 6.45) is 4.14. The SMILES string of the molecule is CC(N)CCCC(=O)N1CCOCC1C(=O)NC1CC1. The van der Waals surface area contributed by atoms with Crippen LogP contribution in [0.25, 0.3) is 0 Å². The quantitative estimate of drug-likeness (QED) is 0.719. The molecule has 0 aromatic heterocycles. The van der Waals surface area contributed by atoms with Crippen LogP contribution in [0.3, 0.4) is 0 Å². The largest absolute Gasteiger partial charge is 0.377 e. The van der Waals surface area contributed by atoms with E-state index in [0.717, 1.165) is 25.7 Å². The molecule has 20 heavy (non-hydrogen) atoms. The number of nitrogens with one attached hydrogen (secondary N) is 1. The molecule has 1 heterocycles. The molecule has 2 atom stereocenters. The molecule has 1 aliphatic carbocycles. The Balaban J connectivity index is 1.84. The molecule has 1 aliphatic heterocycles. The molecule has 0 aromatic carbocycles. The highest BCUT2D eigenvalue weighted by Crippen LogP contribution is 2.20. The van der Waals surface area contributed by atoms with E-state index >= 15 is 0 Å². The van der Waals surface area contributed by atoms with Gasteiger partial charge in [0.15, 0.2) is 0 Å². The van der Waals surface area contributed by atoms with Crippen LogP contribution in [0.5, 0.6) is 0 Å². The third kappa shape index (κ3) is 4.45. The van der Waals surface area contributed by atoms with Crippen molar-refractivity contribution in [1.29, 1.82) is 0 Å². The van der Waals surface area contributed by atoms with Crippen molar-refractivity contribution in [2.75, 3.05) is 19.8 Å². The van der Waals surface area contributed by atoms with Crippen molar-refractivity contribution in [3.8, 4) is 0 Å². The summed E-state index contributed by atoms with van der Waals surface area (Å²) in [6.45, 7) is 3.24. The monoisotopic (exact) mass is 283 g/mol. The predicted molar refractivity (Wildman–Crippen MR) is 75.0 cm³/mol. The minimum atomic E-state index is -0.466. The van der Waals surface area contributed by atoms with Gasteiger partial charge in [0.2, 0.25) is 11.8 Å². The summed E-state index contributed by atoms with van der Waals surface area (Å²) in [7, 11) is 0. The molecule has 2 rings (SSSR count). The second-order valence-electron chi connectivity index (χ2n) is 5.83. The van der Waals surface area contributed by atoms with E-state index in [1.165, 1.54) is 0 Å². The number of hydrogen-bond donors (Lipinski definition) is 2. The first kappa shape index (κ1) is 15.3. The van der Waals surface area contributed by atoms with Crippen LogP contribution in [0.2, 0.25) is 0 Å². The molecule has 6 heteroatoms. The summed E-state index contributed by atoms with van der Waals surface area (Å²) in [6, 6.07) is -0.0481. The first-order chi connectivity index (χ1) is 9.58. The van der Waals surface area contributed by atoms with Crippen LogP contribution in [-0.4, -0.2) is 54.6 Å². The molecular formula is C14H25N3O3. The zero-order chi connectivity index (χ0) is 14.5. The minimum Gasteiger partial charge on any atom is -0.377 e. The van der Waals surface area contributed by atoms with Gasteiger partial charge in [-0.25, -0.2) is 0 Å². The molecule has 3 N–H and O–H groups in total. The van der Waals surface area contributed by atoms with Crippen molar-refractivity contribution in [3.63, 3.8) is 0 Å². The van der Waals surface area contributed by atoms with Crippen LogP contribution in [0.15, 0.2) is 0 Å². The van der Waals surface area contributed by atoms with Gasteiger partial charge in [-0.1, -0.05) is 0 Å². The van der Waals surface area contributed by atoms with E-state index in [-0.39, 0.29) is 17.9 Å². The first-order valence-corrected chi connectivity index (χ1v) is 7.51. The van der Waals surface area contributed by atoms with Crippen molar-refractivity contribution in [1.82, 2.24) is 10.2 Å². The normalized spacial score (nSPS) is 24.3. The van der Waals surface area contributed by atoms with E-state index in [9.17, 15) is 9.59 Å². The average Bonchev–Trinajstić information content (AvgIpc) is 3.22. The van der Waals surface area contributed by atoms with Crippen molar-refractivity contribution in [2.24, 2.45) is 5.73 Å². The fourth-order valence-electron chi connectivity index (χ4n) is 2.36. The van der Waals surface area contributed by atoms with E-state index in [2.05, 4.69) is 5.32 Å². The molecule has 2 fully saturated rings. The molecule has 6 nitrogen and oxygen atoms in total. The summed E-state index contributed by atoms with van der Waals surface area (Å²) in [5, 5.41) is 2.95. The van der Waals surface area contributed by atoms with Crippen LogP contribution in [0.4, 0.5) is 0 Å². The Morgan fingerprint density at radius 1 is 1.45 bits per heavy atom. The maximum absolute atomic E-state index is 12.2. The Morgan fingerprint density at radius 3 is 2.85 bits per heavy atom. The molecule has 114 valence electrons. The van der Waals surface area contributed by atoms with Gasteiger partial charge in [0.05, 0.1) is 13.2 Å². The van der Waals surface area contributed by atoms with Crippen LogP contribution in [0.1, 0.15) is 39.0 Å². The van der Waals surface area contributed by atoms with Gasteiger partial charge in [-0.05, 0) is 32.6 Å². The van der Waals surface area contributed by atoms with Crippen molar-refractivity contribution in [3.05, 3.63) is 0 Å². The molecule has 0 aromatic rings. The number of rotatable bonds is 6. The lowest BCUT2D eigenvalue weighted by atomic mass is 10.1. The Kier molecular flexibility index (Phi) is 5.37. The number of amides is 2. The molecular weight excluding hydrogens is 258 g/mol. The van der Waals surface area contributed by atoms with Gasteiger partial charge in [-0.2, -0.15) is 0 Å². The molecule has 1 saturated heterocycles. The summed E-state index contributed by atoms with van der Waals surface area (Å²) in [5.41, 5.74) is 5.69. The van der Waals surface area contributed by atoms with Crippen LogP contribution in [0, 0.1) is 0 Å². The van der Waals surface area contributed by atoms with E-state index < -0.39 is 6.04 Å². The second-order valence-corrected chi connectivity index (χ2v) is 5.83. The average molecular weight is 283 g/mol. The highest BCUT2D eigenvalue weighted by atomic mass is 16.5. The first-order valence-electron chi connectivity index (χ1n) is 7.51. The lowest BCUT2D eigenvalue weighted by molar-refractivity contribution is -0.148. The van der Waals surface area contributed by atoms with Crippen LogP contribution >= 0.6 is 0 Å². The Bertz CT molecular complexity index is 356. The van der Waals surface area contributed by atoms with Gasteiger partial charge >= 0.3 is 0 Å². The summed E-state index contributed by atoms with van der Waals surface area (Å²) in [5.74, 6) is -0.0439. The number of nitrogens with two attached hydrogens (primary N) is 1. The van der Waals surface area contributed by atoms with Crippen molar-refractivity contribution in [2.45, 2.75) is 57.2 Å². The topological polar surface area (TPSA) is 84.7 Å². The fraction of sp³-hybridized carbons (Fsp3) is 0.857. The van der Waals surface area contributed by atoms with Gasteiger partial charge in [0.25, 0.3) is 0 Å². The molecule has 0 spiro atoms. The van der Waals surface area contributed by atoms with Crippen molar-refractivity contribution < 1.29 is 14.3 Å². The van der Waals surface area contributed by atoms with Gasteiger partial charge in [-0.3, -0.25) is 9.59 Å². The Hall–Kier alpha value is -1.14. The molecule has 2 aliphatic rings. The lowest BCUT2D eigenvalue weighted by Crippen LogP contribution is -2.56. The number of carbonyl (C=O) groups excluding carboxylic acids is 2. The van der Waals surface area contributed by atoms with Gasteiger partial charge in [0, 0.05) is 25.0 Å². The number of carbonyl (C=O) groups is 2. The Morgan fingerprint density at radius 2 is 2.20 bits per heavy atom. The molecule has 1 saturated carbocycles. The summed E-state index contributed by atoms with van der Waals surface area (Å²) >= 11 is 0. The molecule has 2 amide bonds. The van der Waals surface area contributed by atoms with E-state index in [4.69, 9.17) is 10.5 Å². The standard InChI is InChI=1S/C14H25N3O3/c1-10(15)3-2-4-13(18)17-7-8-20-9-12(17)14(19)16-11-5-6-11/h10-12H,2-9,15H2,1H3,(H,16,19). The van der Waals surface area contributed by atoms with Crippen LogP contribution in [-0.2, 0) is 14.3 Å². The fourth-order valence-corrected chi connectivity index (χ4v) is 2.36. The third-order valence-corrected chi connectivity index (χ3v) is 3.73. The molecule has 2 unspecified atom stereocenters. The maximum atomic E-state index is 12.2. The maximum Gasteiger partial charge on any atom is 0.245 e. The van der Waals surface area contributed by atoms with E-state index in [1.54, 1.807) is 4.90 Å². The summed E-state index contributed by atoms with van der Waals surface area (Å²) in [4.78, 5) is 26.1. The van der Waals surface area contributed by atoms with Gasteiger partial charge in [-0.15, -0.1) is 0 Å². The van der Waals surface area contributed by atoms with E-state index in [0.29, 0.717) is 32.2 Å². The highest BCUT2D eigenvalue weighted by Gasteiger charge is 2.35. The predicted octanol–water partition coefficient (Wildman–Crippen LogP) is 0.00990. The lowest BCUT2D eigenvalue weighted by Gasteiger charge is -2.34. The van der Waals surface area contributed by atoms with Gasteiger partial charge < -0.3 is 20.7 Å². The third-order valence-electron chi connectivity index (χ3n) is 3.73. The minimum absolute atomic E-state index is 0.0323. The number of nitrogens with zero attached hydrogens (tertiary/aromatic N) is 1. The van der Waals surface area contributed by atoms with E-state index in [1.807, 2.05) is 6.92 Å². The second kappa shape index (κ2) is 7.04. The molecule has 0 bridgehead atoms. The zero-order valence-corrected chi connectivity index (χ0v) is 12.1. The summed E-state index contributed by atoms with van der Waals surface area (Å²) < 4.78 is 5.35. The zero-order valence-electron chi connectivity index (χ0n) is 12.1. The highest BCUT2D eigenvalue weighted by molar-refractivity contribution is 5.88. The smallest absolute Gasteiger partial charge is 0.245 e. The van der Waals surface area contributed by atoms with Crippen LogP contribution < -0.4 is 11.1 Å². The van der Waals surface area contributed by atoms with Gasteiger partial charge in [0.1, 0.15) is 6.04 Å².